The first kappa shape index (κ1) is 16.1. The van der Waals surface area contributed by atoms with Crippen LogP contribution in [0.5, 0.6) is 0 Å². The Hall–Kier alpha value is -1.98. The zero-order valence-corrected chi connectivity index (χ0v) is 11.6. The monoisotopic (exact) mass is 285 g/mol. The fourth-order valence-corrected chi connectivity index (χ4v) is 2.11. The second-order valence-electron chi connectivity index (χ2n) is 4.68. The molecule has 0 fully saturated rings. The van der Waals surface area contributed by atoms with Crippen molar-refractivity contribution in [3.63, 3.8) is 0 Å². The van der Waals surface area contributed by atoms with E-state index in [-0.39, 0.29) is 12.1 Å². The zero-order chi connectivity index (χ0) is 15.5. The van der Waals surface area contributed by atoms with E-state index < -0.39 is 29.0 Å². The van der Waals surface area contributed by atoms with Crippen LogP contribution in [0.15, 0.2) is 18.2 Å². The number of rotatable bonds is 5. The number of nitrogens with zero attached hydrogens (tertiary/aromatic N) is 1. The lowest BCUT2D eigenvalue weighted by Gasteiger charge is -2.37. The second kappa shape index (κ2) is 5.98. The summed E-state index contributed by atoms with van der Waals surface area (Å²) < 4.78 is 26.3. The van der Waals surface area contributed by atoms with E-state index in [2.05, 4.69) is 0 Å². The van der Waals surface area contributed by atoms with Crippen LogP contribution < -0.4 is 0 Å². The number of amides is 1. The summed E-state index contributed by atoms with van der Waals surface area (Å²) >= 11 is 0. The predicted octanol–water partition coefficient (Wildman–Crippen LogP) is 2.52. The molecule has 0 aliphatic carbocycles. The van der Waals surface area contributed by atoms with Crippen LogP contribution in [0, 0.1) is 11.6 Å². The number of halogens is 2. The quantitative estimate of drug-likeness (QED) is 0.904. The van der Waals surface area contributed by atoms with E-state index in [4.69, 9.17) is 0 Å². The van der Waals surface area contributed by atoms with Crippen LogP contribution in [-0.2, 0) is 15.1 Å². The van der Waals surface area contributed by atoms with E-state index >= 15 is 0 Å². The number of benzene rings is 1. The predicted molar refractivity (Wildman–Crippen MR) is 69.0 cm³/mol. The average Bonchev–Trinajstić information content (AvgIpc) is 2.37. The zero-order valence-electron chi connectivity index (χ0n) is 11.6. The lowest BCUT2D eigenvalue weighted by Crippen LogP contribution is -2.52. The fourth-order valence-electron chi connectivity index (χ4n) is 2.11. The van der Waals surface area contributed by atoms with E-state index in [1.165, 1.54) is 19.9 Å². The first-order valence-electron chi connectivity index (χ1n) is 6.22. The maximum absolute atomic E-state index is 13.4. The molecule has 0 aliphatic heterocycles. The Kier molecular flexibility index (Phi) is 4.81. The Morgan fingerprint density at radius 3 is 2.30 bits per heavy atom. The third kappa shape index (κ3) is 2.79. The van der Waals surface area contributed by atoms with Crippen LogP contribution in [0.2, 0.25) is 0 Å². The Morgan fingerprint density at radius 2 is 1.90 bits per heavy atom. The van der Waals surface area contributed by atoms with Crippen LogP contribution in [-0.4, -0.2) is 28.4 Å². The summed E-state index contributed by atoms with van der Waals surface area (Å²) in [4.78, 5) is 24.5. The molecule has 1 unspecified atom stereocenters. The minimum Gasteiger partial charge on any atom is -0.479 e. The maximum Gasteiger partial charge on any atom is 0.334 e. The molecule has 0 radical (unpaired) electrons. The van der Waals surface area contributed by atoms with Crippen molar-refractivity contribution in [1.82, 2.24) is 4.90 Å². The Bertz CT molecular complexity index is 533. The third-order valence-electron chi connectivity index (χ3n) is 3.27. The number of hydrogen-bond donors (Lipinski definition) is 1. The van der Waals surface area contributed by atoms with Gasteiger partial charge >= 0.3 is 5.97 Å². The van der Waals surface area contributed by atoms with Crippen molar-refractivity contribution in [3.05, 3.63) is 35.4 Å². The SMILES string of the molecule is CCCN(C(C)=O)C(C)(C(=O)O)c1ccc(F)c(F)c1. The van der Waals surface area contributed by atoms with Crippen molar-refractivity contribution in [2.45, 2.75) is 32.7 Å². The normalized spacial score (nSPS) is 13.7. The Labute approximate surface area is 116 Å². The van der Waals surface area contributed by atoms with Crippen molar-refractivity contribution < 1.29 is 23.5 Å². The summed E-state index contributed by atoms with van der Waals surface area (Å²) in [6.45, 7) is 4.55. The standard InChI is InChI=1S/C14H17F2NO3/c1-4-7-17(9(2)18)14(3,13(19)20)10-5-6-11(15)12(16)8-10/h5-6,8H,4,7H2,1-3H3,(H,19,20). The van der Waals surface area contributed by atoms with Crippen LogP contribution in [0.25, 0.3) is 0 Å². The maximum atomic E-state index is 13.4. The number of carboxylic acid groups (broad SMARTS) is 1. The minimum atomic E-state index is -1.74. The van der Waals surface area contributed by atoms with Crippen molar-refractivity contribution in [2.24, 2.45) is 0 Å². The van der Waals surface area contributed by atoms with Crippen LogP contribution in [0.3, 0.4) is 0 Å². The number of aliphatic carboxylic acids is 1. The molecule has 20 heavy (non-hydrogen) atoms. The Balaban J connectivity index is 3.43. The van der Waals surface area contributed by atoms with Gasteiger partial charge in [0.15, 0.2) is 17.2 Å². The minimum absolute atomic E-state index is 0.0209. The topological polar surface area (TPSA) is 57.6 Å². The Morgan fingerprint density at radius 1 is 1.30 bits per heavy atom. The molecule has 1 N–H and O–H groups in total. The molecule has 0 saturated heterocycles. The van der Waals surface area contributed by atoms with Gasteiger partial charge in [0, 0.05) is 13.5 Å². The molecule has 1 aromatic carbocycles. The van der Waals surface area contributed by atoms with Crippen molar-refractivity contribution in [2.75, 3.05) is 6.54 Å². The molecule has 1 rings (SSSR count). The molecule has 0 aromatic heterocycles. The second-order valence-corrected chi connectivity index (χ2v) is 4.68. The van der Waals surface area contributed by atoms with Gasteiger partial charge in [-0.2, -0.15) is 0 Å². The molecule has 0 saturated carbocycles. The first-order chi connectivity index (χ1) is 9.25. The summed E-state index contributed by atoms with van der Waals surface area (Å²) in [7, 11) is 0. The van der Waals surface area contributed by atoms with Gasteiger partial charge in [0.1, 0.15) is 0 Å². The lowest BCUT2D eigenvalue weighted by molar-refractivity contribution is -0.158. The molecule has 0 aliphatic rings. The highest BCUT2D eigenvalue weighted by Crippen LogP contribution is 2.30. The van der Waals surface area contributed by atoms with Crippen LogP contribution in [0.4, 0.5) is 8.78 Å². The van der Waals surface area contributed by atoms with Gasteiger partial charge in [-0.15, -0.1) is 0 Å². The molecule has 110 valence electrons. The largest absolute Gasteiger partial charge is 0.479 e. The molecule has 4 nitrogen and oxygen atoms in total. The van der Waals surface area contributed by atoms with Gasteiger partial charge in [-0.3, -0.25) is 4.79 Å². The van der Waals surface area contributed by atoms with Gasteiger partial charge in [0.2, 0.25) is 5.91 Å². The first-order valence-corrected chi connectivity index (χ1v) is 6.22. The average molecular weight is 285 g/mol. The van der Waals surface area contributed by atoms with E-state index in [1.54, 1.807) is 6.92 Å². The van der Waals surface area contributed by atoms with Crippen molar-refractivity contribution >= 4 is 11.9 Å². The van der Waals surface area contributed by atoms with Crippen molar-refractivity contribution in [3.8, 4) is 0 Å². The van der Waals surface area contributed by atoms with Crippen molar-refractivity contribution in [1.29, 1.82) is 0 Å². The smallest absolute Gasteiger partial charge is 0.334 e. The summed E-state index contributed by atoms with van der Waals surface area (Å²) in [5.41, 5.74) is -1.72. The molecule has 0 spiro atoms. The van der Waals surface area contributed by atoms with Crippen LogP contribution >= 0.6 is 0 Å². The van der Waals surface area contributed by atoms with Gasteiger partial charge in [0.25, 0.3) is 0 Å². The highest BCUT2D eigenvalue weighted by molar-refractivity contribution is 5.87. The van der Waals surface area contributed by atoms with Gasteiger partial charge in [-0.05, 0) is 31.0 Å². The van der Waals surface area contributed by atoms with Gasteiger partial charge in [0.05, 0.1) is 0 Å². The van der Waals surface area contributed by atoms with Gasteiger partial charge in [-0.1, -0.05) is 13.0 Å². The van der Waals surface area contributed by atoms with E-state index in [9.17, 15) is 23.5 Å². The summed E-state index contributed by atoms with van der Waals surface area (Å²) in [5, 5.41) is 9.48. The third-order valence-corrected chi connectivity index (χ3v) is 3.27. The summed E-state index contributed by atoms with van der Waals surface area (Å²) in [5.74, 6) is -3.95. The van der Waals surface area contributed by atoms with E-state index in [1.807, 2.05) is 0 Å². The lowest BCUT2D eigenvalue weighted by atomic mass is 9.89. The highest BCUT2D eigenvalue weighted by atomic mass is 19.2. The van der Waals surface area contributed by atoms with E-state index in [0.717, 1.165) is 17.0 Å². The molecular formula is C14H17F2NO3. The molecule has 6 heteroatoms. The van der Waals surface area contributed by atoms with Gasteiger partial charge < -0.3 is 10.0 Å². The molecular weight excluding hydrogens is 268 g/mol. The van der Waals surface area contributed by atoms with Crippen LogP contribution in [0.1, 0.15) is 32.8 Å². The molecule has 1 atom stereocenters. The number of carbonyl (C=O) groups excluding carboxylic acids is 1. The molecule has 0 heterocycles. The van der Waals surface area contributed by atoms with E-state index in [0.29, 0.717) is 6.42 Å². The molecule has 0 bridgehead atoms. The molecule has 1 amide bonds. The number of carboxylic acids is 1. The highest BCUT2D eigenvalue weighted by Gasteiger charge is 2.43. The fraction of sp³-hybridized carbons (Fsp3) is 0.429. The number of hydrogen-bond acceptors (Lipinski definition) is 2. The summed E-state index contributed by atoms with van der Waals surface area (Å²) in [6.07, 6.45) is 0.548. The molecule has 1 aromatic rings. The number of carbonyl (C=O) groups is 2. The summed E-state index contributed by atoms with van der Waals surface area (Å²) in [6, 6.07) is 2.85. The van der Waals surface area contributed by atoms with Gasteiger partial charge in [-0.25, -0.2) is 13.6 Å².